The molecule has 2 aromatic carbocycles. The monoisotopic (exact) mass is 309 g/mol. The van der Waals surface area contributed by atoms with Gasteiger partial charge in [0, 0.05) is 16.3 Å². The zero-order valence-electron chi connectivity index (χ0n) is 13.7. The van der Waals surface area contributed by atoms with Crippen molar-refractivity contribution in [2.75, 3.05) is 7.11 Å². The Morgan fingerprint density at radius 3 is 2.70 bits per heavy atom. The van der Waals surface area contributed by atoms with Crippen LogP contribution in [0, 0.1) is 6.92 Å². The highest BCUT2D eigenvalue weighted by Gasteiger charge is 2.26. The number of aromatic amines is 1. The predicted molar refractivity (Wildman–Crippen MR) is 92.5 cm³/mol. The van der Waals surface area contributed by atoms with Crippen molar-refractivity contribution in [2.24, 2.45) is 0 Å². The largest absolute Gasteiger partial charge is 0.504 e. The van der Waals surface area contributed by atoms with E-state index in [9.17, 15) is 5.11 Å². The van der Waals surface area contributed by atoms with Crippen molar-refractivity contribution in [1.82, 2.24) is 4.98 Å². The number of fused-ring (bicyclic) bond motifs is 5. The summed E-state index contributed by atoms with van der Waals surface area (Å²) in [6, 6.07) is 5.70. The number of phenols is 1. The number of aryl methyl sites for hydroxylation is 1. The third-order valence-electron chi connectivity index (χ3n) is 4.40. The number of aromatic nitrogens is 1. The molecule has 3 aromatic rings. The average Bonchev–Trinajstić information content (AvgIpc) is 2.85. The molecule has 0 bridgehead atoms. The van der Waals surface area contributed by atoms with Gasteiger partial charge in [0.1, 0.15) is 11.4 Å². The van der Waals surface area contributed by atoms with Crippen molar-refractivity contribution in [2.45, 2.75) is 26.4 Å². The van der Waals surface area contributed by atoms with Gasteiger partial charge in [-0.15, -0.1) is 0 Å². The number of H-pyrrole nitrogens is 1. The van der Waals surface area contributed by atoms with Crippen molar-refractivity contribution in [1.29, 1.82) is 0 Å². The van der Waals surface area contributed by atoms with E-state index in [4.69, 9.17) is 9.47 Å². The summed E-state index contributed by atoms with van der Waals surface area (Å²) in [4.78, 5) is 3.40. The maximum Gasteiger partial charge on any atom is 0.184 e. The van der Waals surface area contributed by atoms with Gasteiger partial charge < -0.3 is 19.6 Å². The topological polar surface area (TPSA) is 54.5 Å². The molecule has 2 heterocycles. The Labute approximate surface area is 134 Å². The van der Waals surface area contributed by atoms with E-state index in [0.29, 0.717) is 5.75 Å². The zero-order valence-corrected chi connectivity index (χ0v) is 13.7. The number of methoxy groups -OCH3 is 1. The molecule has 0 saturated heterocycles. The Hall–Kier alpha value is -2.62. The second-order valence-corrected chi connectivity index (χ2v) is 6.56. The van der Waals surface area contributed by atoms with Crippen molar-refractivity contribution < 1.29 is 14.6 Å². The zero-order chi connectivity index (χ0) is 16.4. The van der Waals surface area contributed by atoms with Crippen LogP contribution >= 0.6 is 0 Å². The van der Waals surface area contributed by atoms with Gasteiger partial charge in [-0.05, 0) is 56.7 Å². The number of ether oxygens (including phenoxy) is 2. The summed E-state index contributed by atoms with van der Waals surface area (Å²) in [5.41, 5.74) is 3.62. The van der Waals surface area contributed by atoms with E-state index in [1.54, 1.807) is 13.2 Å². The molecular weight excluding hydrogens is 290 g/mol. The minimum absolute atomic E-state index is 0.130. The van der Waals surface area contributed by atoms with Crippen LogP contribution in [0.1, 0.15) is 25.0 Å². The first-order valence-corrected chi connectivity index (χ1v) is 7.64. The van der Waals surface area contributed by atoms with Gasteiger partial charge in [0.15, 0.2) is 11.5 Å². The lowest BCUT2D eigenvalue weighted by Crippen LogP contribution is -2.28. The van der Waals surface area contributed by atoms with Crippen molar-refractivity contribution in [3.05, 3.63) is 35.4 Å². The SMILES string of the molecule is COc1c(O)ccc2c1[nH]c1c3c(c(C)cc12)OC(C)(C)C=C3. The fourth-order valence-corrected chi connectivity index (χ4v) is 3.30. The fourth-order valence-electron chi connectivity index (χ4n) is 3.30. The highest BCUT2D eigenvalue weighted by Crippen LogP contribution is 2.44. The van der Waals surface area contributed by atoms with E-state index in [1.807, 2.05) is 19.9 Å². The van der Waals surface area contributed by atoms with E-state index < -0.39 is 0 Å². The van der Waals surface area contributed by atoms with Gasteiger partial charge >= 0.3 is 0 Å². The number of hydrogen-bond donors (Lipinski definition) is 2. The van der Waals surface area contributed by atoms with Gasteiger partial charge in [0.25, 0.3) is 0 Å². The second kappa shape index (κ2) is 4.44. The summed E-state index contributed by atoms with van der Waals surface area (Å²) < 4.78 is 11.5. The molecule has 0 aliphatic carbocycles. The molecule has 2 N–H and O–H groups in total. The normalized spacial score (nSPS) is 15.7. The van der Waals surface area contributed by atoms with Crippen LogP contribution in [-0.4, -0.2) is 22.8 Å². The molecule has 4 nitrogen and oxygen atoms in total. The maximum absolute atomic E-state index is 10.0. The smallest absolute Gasteiger partial charge is 0.184 e. The van der Waals surface area contributed by atoms with Crippen molar-refractivity contribution in [3.63, 3.8) is 0 Å². The van der Waals surface area contributed by atoms with Gasteiger partial charge in [-0.2, -0.15) is 0 Å². The third kappa shape index (κ3) is 1.91. The average molecular weight is 309 g/mol. The van der Waals surface area contributed by atoms with Gasteiger partial charge in [0.2, 0.25) is 0 Å². The molecule has 4 rings (SSSR count). The molecule has 1 aromatic heterocycles. The van der Waals surface area contributed by atoms with E-state index in [1.165, 1.54) is 0 Å². The van der Waals surface area contributed by atoms with Gasteiger partial charge in [-0.1, -0.05) is 0 Å². The molecule has 0 radical (unpaired) electrons. The summed E-state index contributed by atoms with van der Waals surface area (Å²) in [5, 5.41) is 12.1. The van der Waals surface area contributed by atoms with Crippen LogP contribution < -0.4 is 9.47 Å². The molecular formula is C19H19NO3. The fraction of sp³-hybridized carbons (Fsp3) is 0.263. The van der Waals surface area contributed by atoms with E-state index in [0.717, 1.165) is 38.7 Å². The highest BCUT2D eigenvalue weighted by molar-refractivity contribution is 6.13. The minimum atomic E-state index is -0.312. The number of nitrogens with one attached hydrogen (secondary N) is 1. The van der Waals surface area contributed by atoms with Crippen LogP contribution in [-0.2, 0) is 0 Å². The number of phenolic OH excluding ortho intramolecular Hbond substituents is 1. The lowest BCUT2D eigenvalue weighted by atomic mass is 9.97. The first-order valence-electron chi connectivity index (χ1n) is 7.64. The number of rotatable bonds is 1. The summed E-state index contributed by atoms with van der Waals surface area (Å²) in [6.45, 7) is 6.15. The minimum Gasteiger partial charge on any atom is -0.504 e. The van der Waals surface area contributed by atoms with Crippen LogP contribution in [0.4, 0.5) is 0 Å². The van der Waals surface area contributed by atoms with Crippen molar-refractivity contribution >= 4 is 27.9 Å². The van der Waals surface area contributed by atoms with Gasteiger partial charge in [0.05, 0.1) is 18.1 Å². The van der Waals surface area contributed by atoms with Crippen LogP contribution in [0.15, 0.2) is 24.3 Å². The summed E-state index contributed by atoms with van der Waals surface area (Å²) in [6.07, 6.45) is 4.17. The summed E-state index contributed by atoms with van der Waals surface area (Å²) >= 11 is 0. The quantitative estimate of drug-likeness (QED) is 0.694. The lowest BCUT2D eigenvalue weighted by Gasteiger charge is -2.29. The Morgan fingerprint density at radius 1 is 1.17 bits per heavy atom. The number of hydrogen-bond acceptors (Lipinski definition) is 3. The molecule has 0 fully saturated rings. The van der Waals surface area contributed by atoms with Crippen LogP contribution in [0.25, 0.3) is 27.9 Å². The molecule has 4 heteroatoms. The number of aromatic hydroxyl groups is 1. The molecule has 0 saturated carbocycles. The van der Waals surface area contributed by atoms with Gasteiger partial charge in [-0.3, -0.25) is 0 Å². The number of benzene rings is 2. The Morgan fingerprint density at radius 2 is 1.96 bits per heavy atom. The Kier molecular flexibility index (Phi) is 2.71. The molecule has 1 aliphatic rings. The summed E-state index contributed by atoms with van der Waals surface area (Å²) in [7, 11) is 1.56. The predicted octanol–water partition coefficient (Wildman–Crippen LogP) is 4.53. The van der Waals surface area contributed by atoms with Crippen LogP contribution in [0.5, 0.6) is 17.2 Å². The standard InChI is InChI=1S/C19H19NO3/c1-10-9-13-11-5-6-14(21)18(22-4)16(11)20-15(13)12-7-8-19(2,3)23-17(10)12/h5-9,20-21H,1-4H3. The molecule has 1 aliphatic heterocycles. The van der Waals surface area contributed by atoms with Crippen LogP contribution in [0.2, 0.25) is 0 Å². The molecule has 118 valence electrons. The van der Waals surface area contributed by atoms with E-state index in [2.05, 4.69) is 30.1 Å². The first-order chi connectivity index (χ1) is 10.9. The molecule has 23 heavy (non-hydrogen) atoms. The van der Waals surface area contributed by atoms with E-state index in [-0.39, 0.29) is 11.4 Å². The molecule has 0 unspecified atom stereocenters. The lowest BCUT2D eigenvalue weighted by molar-refractivity contribution is 0.158. The van der Waals surface area contributed by atoms with Crippen LogP contribution in [0.3, 0.4) is 0 Å². The molecule has 0 atom stereocenters. The maximum atomic E-state index is 10.0. The van der Waals surface area contributed by atoms with Crippen molar-refractivity contribution in [3.8, 4) is 17.2 Å². The molecule has 0 spiro atoms. The summed E-state index contributed by atoms with van der Waals surface area (Å²) in [5.74, 6) is 1.50. The Balaban J connectivity index is 2.13. The van der Waals surface area contributed by atoms with Gasteiger partial charge in [-0.25, -0.2) is 0 Å². The second-order valence-electron chi connectivity index (χ2n) is 6.56. The Bertz CT molecular complexity index is 980. The first kappa shape index (κ1) is 14.0. The van der Waals surface area contributed by atoms with E-state index >= 15 is 0 Å². The molecule has 0 amide bonds. The highest BCUT2D eigenvalue weighted by atomic mass is 16.5. The third-order valence-corrected chi connectivity index (χ3v) is 4.40.